The SMILES string of the molecule is NCCCCNCC(=O)N(CC(=O)N(CC(=O)N(CCCCN)CC(=O)N(CC(=O)N(CC(=O)N(CCCCN)CC(=O)N(CC(=O)N(CC(N)=O)Cc1ccc(Cl)cc1)Cc1ccc(Cl)cc1)Cc1ccc(Cl)cc1)Cc1ccc(Cl)cc1)Cc1ccc(Cl)cc1)Cc1ccc(Cl)cc1. The molecule has 0 aromatic heterocycles. The molecule has 0 aliphatic carbocycles. The van der Waals surface area contributed by atoms with E-state index in [1.54, 1.807) is 146 Å². The maximum atomic E-state index is 15.3. The third-order valence-corrected chi connectivity index (χ3v) is 17.5. The van der Waals surface area contributed by atoms with Crippen molar-refractivity contribution in [2.24, 2.45) is 22.9 Å². The van der Waals surface area contributed by atoms with Crippen LogP contribution in [0.5, 0.6) is 0 Å². The number of rotatable bonds is 42. The number of unbranched alkanes of at least 4 members (excludes halogenated alkanes) is 3. The van der Waals surface area contributed by atoms with Gasteiger partial charge in [0.1, 0.15) is 32.7 Å². The monoisotopic (exact) mass is 1490 g/mol. The maximum absolute atomic E-state index is 15.3. The minimum absolute atomic E-state index is 0.00298. The van der Waals surface area contributed by atoms with Crippen LogP contribution in [0, 0.1) is 0 Å². The van der Waals surface area contributed by atoms with Crippen LogP contribution in [-0.2, 0) is 82.4 Å². The summed E-state index contributed by atoms with van der Waals surface area (Å²) in [4.78, 5) is 141. The Hall–Kier alpha value is -7.87. The van der Waals surface area contributed by atoms with Gasteiger partial charge in [0.15, 0.2) is 0 Å². The summed E-state index contributed by atoms with van der Waals surface area (Å²) in [6.07, 6.45) is 3.10. The molecule has 9 N–H and O–H groups in total. The Balaban J connectivity index is 1.31. The van der Waals surface area contributed by atoms with E-state index in [9.17, 15) is 24.0 Å². The van der Waals surface area contributed by atoms with Crippen molar-refractivity contribution < 1.29 is 43.2 Å². The molecule has 0 aliphatic rings. The zero-order valence-electron chi connectivity index (χ0n) is 55.8. The number of halogens is 6. The zero-order valence-corrected chi connectivity index (χ0v) is 60.3. The van der Waals surface area contributed by atoms with Crippen molar-refractivity contribution in [3.8, 4) is 0 Å². The fourth-order valence-electron chi connectivity index (χ4n) is 10.5. The zero-order chi connectivity index (χ0) is 72.5. The van der Waals surface area contributed by atoms with Gasteiger partial charge in [-0.1, -0.05) is 142 Å². The average Bonchev–Trinajstić information content (AvgIpc) is 0.857. The molecule has 6 aromatic rings. The number of carbonyl (C=O) groups is 9. The van der Waals surface area contributed by atoms with E-state index in [2.05, 4.69) is 5.32 Å². The van der Waals surface area contributed by atoms with Gasteiger partial charge in [0.25, 0.3) is 0 Å². The normalized spacial score (nSPS) is 11.0. The summed E-state index contributed by atoms with van der Waals surface area (Å²) in [6, 6.07) is 40.1. The first kappa shape index (κ1) is 81.1. The predicted molar refractivity (Wildman–Crippen MR) is 391 cm³/mol. The van der Waals surface area contributed by atoms with Gasteiger partial charge in [-0.15, -0.1) is 0 Å². The van der Waals surface area contributed by atoms with E-state index in [1.165, 1.54) is 39.2 Å². The molecule has 28 heteroatoms. The molecule has 0 heterocycles. The molecule has 0 fully saturated rings. The lowest BCUT2D eigenvalue weighted by Gasteiger charge is -2.33. The minimum atomic E-state index is -0.792. The van der Waals surface area contributed by atoms with E-state index >= 15 is 19.2 Å². The number of primary amides is 1. The molecule has 536 valence electrons. The van der Waals surface area contributed by atoms with Crippen molar-refractivity contribution in [1.29, 1.82) is 0 Å². The lowest BCUT2D eigenvalue weighted by atomic mass is 10.2. The van der Waals surface area contributed by atoms with Crippen LogP contribution in [0.3, 0.4) is 0 Å². The molecule has 0 bridgehead atoms. The fraction of sp³-hybridized carbons (Fsp3) is 0.375. The second kappa shape index (κ2) is 43.1. The predicted octanol–water partition coefficient (Wildman–Crippen LogP) is 8.03. The van der Waals surface area contributed by atoms with E-state index in [-0.39, 0.29) is 77.9 Å². The van der Waals surface area contributed by atoms with E-state index in [0.29, 0.717) is 102 Å². The standard InChI is InChI=1S/C72H87Cl6N13O9/c73-58-19-7-52(8-20-58)38-86(44-64(82)92)70(98)50-90(42-56-15-27-62(77)28-16-56)68(96)45-84(35-5-2-32-80)67(95)48-89(41-55-13-25-61(76)26-14-55)72(100)51-91(43-57-17-29-63(78)30-18-57)69(97)46-85(36-6-3-33-81)66(94)47-88(40-54-11-23-60(75)24-12-54)71(99)49-87(39-53-9-21-59(74)22-10-53)65(93)37-83-34-4-1-31-79/h7-30,83H,1-6,31-51,79-81H2,(H2,82,92). The summed E-state index contributed by atoms with van der Waals surface area (Å²) in [5, 5.41) is 5.75. The van der Waals surface area contributed by atoms with Crippen LogP contribution in [0.1, 0.15) is 71.9 Å². The molecule has 0 radical (unpaired) electrons. The average molecular weight is 1490 g/mol. The summed E-state index contributed by atoms with van der Waals surface area (Å²) in [5.74, 6) is -5.69. The number of nitrogens with one attached hydrogen (secondary N) is 1. The number of hydrogen-bond donors (Lipinski definition) is 5. The topological polar surface area (TPSA) is 296 Å². The first-order chi connectivity index (χ1) is 48.0. The second-order valence-corrected chi connectivity index (χ2v) is 26.6. The van der Waals surface area contributed by atoms with Crippen molar-refractivity contribution in [2.75, 3.05) is 98.2 Å². The van der Waals surface area contributed by atoms with Crippen molar-refractivity contribution in [3.63, 3.8) is 0 Å². The number of benzene rings is 6. The molecule has 6 aromatic carbocycles. The molecule has 0 saturated carbocycles. The minimum Gasteiger partial charge on any atom is -0.368 e. The van der Waals surface area contributed by atoms with E-state index < -0.39 is 99.6 Å². The molecular weight excluding hydrogens is 1400 g/mol. The van der Waals surface area contributed by atoms with E-state index in [0.717, 1.165) is 12.8 Å². The molecule has 0 unspecified atom stereocenters. The Morgan fingerprint density at radius 3 is 0.700 bits per heavy atom. The molecule has 0 spiro atoms. The lowest BCUT2D eigenvalue weighted by molar-refractivity contribution is -0.149. The highest BCUT2D eigenvalue weighted by Crippen LogP contribution is 2.21. The highest BCUT2D eigenvalue weighted by Gasteiger charge is 2.32. The number of amides is 9. The van der Waals surface area contributed by atoms with Crippen molar-refractivity contribution in [1.82, 2.24) is 44.5 Å². The molecule has 0 atom stereocenters. The Morgan fingerprint density at radius 2 is 0.470 bits per heavy atom. The first-order valence-corrected chi connectivity index (χ1v) is 35.0. The lowest BCUT2D eigenvalue weighted by Crippen LogP contribution is -2.52. The van der Waals surface area contributed by atoms with Crippen LogP contribution in [0.25, 0.3) is 0 Å². The van der Waals surface area contributed by atoms with Gasteiger partial charge >= 0.3 is 0 Å². The van der Waals surface area contributed by atoms with Crippen molar-refractivity contribution in [2.45, 2.75) is 77.8 Å². The van der Waals surface area contributed by atoms with Gasteiger partial charge in [-0.05, 0) is 171 Å². The number of nitrogens with two attached hydrogens (primary N) is 4. The van der Waals surface area contributed by atoms with Crippen LogP contribution in [-0.4, -0.2) is 191 Å². The Morgan fingerprint density at radius 1 is 0.270 bits per heavy atom. The molecule has 0 aliphatic heterocycles. The van der Waals surface area contributed by atoms with Gasteiger partial charge in [-0.3, -0.25) is 43.2 Å². The summed E-state index contributed by atoms with van der Waals surface area (Å²) in [7, 11) is 0. The van der Waals surface area contributed by atoms with Gasteiger partial charge in [0.2, 0.25) is 53.2 Å². The molecule has 22 nitrogen and oxygen atoms in total. The van der Waals surface area contributed by atoms with E-state index in [4.69, 9.17) is 92.5 Å². The number of nitrogens with zero attached hydrogens (tertiary/aromatic N) is 8. The highest BCUT2D eigenvalue weighted by atomic mass is 35.5. The first-order valence-electron chi connectivity index (χ1n) is 32.8. The van der Waals surface area contributed by atoms with Gasteiger partial charge in [-0.25, -0.2) is 0 Å². The van der Waals surface area contributed by atoms with Gasteiger partial charge in [-0.2, -0.15) is 0 Å². The molecule has 0 saturated heterocycles. The van der Waals surface area contributed by atoms with Crippen LogP contribution < -0.4 is 28.3 Å². The molecular formula is C72H87Cl6N13O9. The van der Waals surface area contributed by atoms with Crippen LogP contribution >= 0.6 is 69.6 Å². The van der Waals surface area contributed by atoms with Crippen LogP contribution in [0.2, 0.25) is 30.1 Å². The van der Waals surface area contributed by atoms with Crippen LogP contribution in [0.4, 0.5) is 0 Å². The summed E-state index contributed by atoms with van der Waals surface area (Å²) < 4.78 is 0. The number of hydrogen-bond acceptors (Lipinski definition) is 13. The molecule has 100 heavy (non-hydrogen) atoms. The molecule has 9 amide bonds. The third kappa shape index (κ3) is 29.0. The summed E-state index contributed by atoms with van der Waals surface area (Å²) >= 11 is 37.6. The summed E-state index contributed by atoms with van der Waals surface area (Å²) in [6.45, 7) is -3.46. The van der Waals surface area contributed by atoms with Crippen molar-refractivity contribution in [3.05, 3.63) is 209 Å². The molecule has 6 rings (SSSR count). The highest BCUT2D eigenvalue weighted by molar-refractivity contribution is 6.32. The Bertz CT molecular complexity index is 3620. The quantitative estimate of drug-likeness (QED) is 0.0227. The van der Waals surface area contributed by atoms with Gasteiger partial charge < -0.3 is 67.5 Å². The van der Waals surface area contributed by atoms with E-state index in [1.807, 2.05) is 0 Å². The van der Waals surface area contributed by atoms with Gasteiger partial charge in [0, 0.05) is 82.5 Å². The van der Waals surface area contributed by atoms with Gasteiger partial charge in [0.05, 0.1) is 26.2 Å². The smallest absolute Gasteiger partial charge is 0.242 e. The Kier molecular flexibility index (Phi) is 34.9. The second-order valence-electron chi connectivity index (χ2n) is 24.0. The number of carbonyl (C=O) groups excluding carboxylic acids is 9. The van der Waals surface area contributed by atoms with Crippen molar-refractivity contribution >= 4 is 123 Å². The summed E-state index contributed by atoms with van der Waals surface area (Å²) in [5.41, 5.74) is 26.9. The van der Waals surface area contributed by atoms with Crippen LogP contribution in [0.15, 0.2) is 146 Å². The third-order valence-electron chi connectivity index (χ3n) is 16.0. The largest absolute Gasteiger partial charge is 0.368 e. The maximum Gasteiger partial charge on any atom is 0.242 e. The Labute approximate surface area is 614 Å². The fourth-order valence-corrected chi connectivity index (χ4v) is 11.2.